The van der Waals surface area contributed by atoms with E-state index in [1.807, 2.05) is 6.08 Å². The second kappa shape index (κ2) is 69.8. The summed E-state index contributed by atoms with van der Waals surface area (Å²) in [5.74, 6) is -0.0515. The fourth-order valence-electron chi connectivity index (χ4n) is 11.6. The van der Waals surface area contributed by atoms with Gasteiger partial charge in [-0.05, 0) is 57.8 Å². The summed E-state index contributed by atoms with van der Waals surface area (Å²) in [6.45, 7) is 4.95. The highest BCUT2D eigenvalue weighted by molar-refractivity contribution is 5.76. The predicted molar refractivity (Wildman–Crippen MR) is 352 cm³/mol. The zero-order chi connectivity index (χ0) is 57.8. The van der Waals surface area contributed by atoms with Crippen molar-refractivity contribution < 1.29 is 24.5 Å². The molecule has 3 N–H and O–H groups in total. The van der Waals surface area contributed by atoms with E-state index in [1.165, 1.54) is 347 Å². The summed E-state index contributed by atoms with van der Waals surface area (Å²) >= 11 is 0. The van der Waals surface area contributed by atoms with E-state index in [0.29, 0.717) is 19.4 Å². The summed E-state index contributed by atoms with van der Waals surface area (Å²) in [7, 11) is 0. The summed E-state index contributed by atoms with van der Waals surface area (Å²) in [6, 6.07) is -0.632. The molecule has 0 saturated heterocycles. The van der Waals surface area contributed by atoms with Gasteiger partial charge in [0.2, 0.25) is 5.91 Å². The largest absolute Gasteiger partial charge is 0.466 e. The molecule has 2 unspecified atom stereocenters. The van der Waals surface area contributed by atoms with E-state index in [0.717, 1.165) is 38.5 Å². The van der Waals surface area contributed by atoms with Crippen molar-refractivity contribution >= 4 is 11.9 Å². The molecule has 0 aromatic rings. The molecule has 0 rings (SSSR count). The second-order valence-electron chi connectivity index (χ2n) is 25.3. The molecule has 0 saturated carbocycles. The lowest BCUT2D eigenvalue weighted by Crippen LogP contribution is -2.45. The molecule has 2 atom stereocenters. The summed E-state index contributed by atoms with van der Waals surface area (Å²) in [4.78, 5) is 24.6. The topological polar surface area (TPSA) is 95.9 Å². The van der Waals surface area contributed by atoms with Crippen molar-refractivity contribution in [2.24, 2.45) is 0 Å². The fraction of sp³-hybridized carbons (Fsp3) is 0.919. The molecular weight excluding hydrogens is 983 g/mol. The molecule has 6 nitrogen and oxygen atoms in total. The molecule has 0 radical (unpaired) electrons. The van der Waals surface area contributed by atoms with Gasteiger partial charge in [0.15, 0.2) is 0 Å². The lowest BCUT2D eigenvalue weighted by atomic mass is 10.0. The van der Waals surface area contributed by atoms with Gasteiger partial charge in [-0.1, -0.05) is 366 Å². The highest BCUT2D eigenvalue weighted by atomic mass is 16.5. The lowest BCUT2D eigenvalue weighted by molar-refractivity contribution is -0.143. The minimum Gasteiger partial charge on any atom is -0.466 e. The first kappa shape index (κ1) is 78.3. The molecule has 0 heterocycles. The predicted octanol–water partition coefficient (Wildman–Crippen LogP) is 23.7. The van der Waals surface area contributed by atoms with Crippen LogP contribution >= 0.6 is 0 Å². The number of aliphatic hydroxyl groups excluding tert-OH is 2. The van der Waals surface area contributed by atoms with Gasteiger partial charge in [-0.2, -0.15) is 0 Å². The SMILES string of the molecule is CCCCCCCCCCCCCCCCCCCCCCC/C=C/C(O)C(CO)NC(=O)CCCCCCCCCC/C=C\CCCCCCCCCCCCCCOC(=O)CCCCCCCCCCCCCCCCCC. The van der Waals surface area contributed by atoms with Gasteiger partial charge in [0.25, 0.3) is 0 Å². The van der Waals surface area contributed by atoms with Crippen LogP contribution in [-0.2, 0) is 14.3 Å². The highest BCUT2D eigenvalue weighted by Crippen LogP contribution is 2.19. The number of unbranched alkanes of at least 4 members (excludes halogenated alkanes) is 56. The molecule has 0 aromatic heterocycles. The molecule has 0 aliphatic carbocycles. The Morgan fingerprint density at radius 2 is 0.588 bits per heavy atom. The number of hydrogen-bond acceptors (Lipinski definition) is 5. The summed E-state index contributed by atoms with van der Waals surface area (Å²) < 4.78 is 5.50. The minimum atomic E-state index is -0.849. The number of carbonyl (C=O) groups is 2. The third-order valence-electron chi connectivity index (χ3n) is 17.2. The quantitative estimate of drug-likeness (QED) is 0.0320. The smallest absolute Gasteiger partial charge is 0.305 e. The average molecular weight is 1130 g/mol. The Morgan fingerprint density at radius 1 is 0.338 bits per heavy atom. The Morgan fingerprint density at radius 3 is 0.887 bits per heavy atom. The van der Waals surface area contributed by atoms with E-state index >= 15 is 0 Å². The molecule has 0 aliphatic rings. The summed E-state index contributed by atoms with van der Waals surface area (Å²) in [5, 5.41) is 23.3. The molecule has 6 heteroatoms. The average Bonchev–Trinajstić information content (AvgIpc) is 3.46. The molecule has 1 amide bonds. The second-order valence-corrected chi connectivity index (χ2v) is 25.3. The Labute approximate surface area is 501 Å². The number of aliphatic hydroxyl groups is 2. The van der Waals surface area contributed by atoms with Crippen molar-refractivity contribution in [3.05, 3.63) is 24.3 Å². The van der Waals surface area contributed by atoms with E-state index in [4.69, 9.17) is 4.74 Å². The maximum Gasteiger partial charge on any atom is 0.305 e. The van der Waals surface area contributed by atoms with Crippen LogP contribution < -0.4 is 5.32 Å². The molecule has 0 bridgehead atoms. The number of nitrogens with one attached hydrogen (secondary N) is 1. The van der Waals surface area contributed by atoms with Crippen molar-refractivity contribution in [2.75, 3.05) is 13.2 Å². The van der Waals surface area contributed by atoms with Gasteiger partial charge in [0.05, 0.1) is 25.4 Å². The van der Waals surface area contributed by atoms with Gasteiger partial charge in [-0.15, -0.1) is 0 Å². The number of amides is 1. The third-order valence-corrected chi connectivity index (χ3v) is 17.2. The monoisotopic (exact) mass is 1130 g/mol. The number of esters is 1. The van der Waals surface area contributed by atoms with Crippen molar-refractivity contribution in [3.8, 4) is 0 Å². The van der Waals surface area contributed by atoms with Crippen molar-refractivity contribution in [2.45, 2.75) is 424 Å². The van der Waals surface area contributed by atoms with Gasteiger partial charge < -0.3 is 20.3 Å². The van der Waals surface area contributed by atoms with Gasteiger partial charge in [0, 0.05) is 12.8 Å². The van der Waals surface area contributed by atoms with Crippen molar-refractivity contribution in [3.63, 3.8) is 0 Å². The zero-order valence-corrected chi connectivity index (χ0v) is 54.3. The lowest BCUT2D eigenvalue weighted by Gasteiger charge is -2.20. The van der Waals surface area contributed by atoms with E-state index in [-0.39, 0.29) is 18.5 Å². The van der Waals surface area contributed by atoms with Gasteiger partial charge in [-0.3, -0.25) is 9.59 Å². The van der Waals surface area contributed by atoms with Crippen LogP contribution in [0.25, 0.3) is 0 Å². The molecule has 474 valence electrons. The van der Waals surface area contributed by atoms with Crippen LogP contribution in [0.3, 0.4) is 0 Å². The standard InChI is InChI=1S/C74H143NO5/c1-3-5-7-9-11-13-15-17-19-21-22-23-26-29-32-35-38-42-46-50-54-58-62-66-72(77)71(70-76)75-73(78)67-63-59-55-51-47-43-39-36-33-30-27-24-25-28-31-34-37-41-45-49-53-57-61-65-69-80-74(79)68-64-60-56-52-48-44-40-20-18-16-14-12-10-8-6-4-2/h27,30,62,66,71-72,76-77H,3-26,28-29,31-61,63-65,67-70H2,1-2H3,(H,75,78)/b30-27-,66-62+. The molecule has 0 aliphatic heterocycles. The van der Waals surface area contributed by atoms with Crippen LogP contribution in [0, 0.1) is 0 Å². The van der Waals surface area contributed by atoms with E-state index in [2.05, 4.69) is 31.3 Å². The normalized spacial score (nSPS) is 12.6. The third kappa shape index (κ3) is 65.5. The number of rotatable bonds is 69. The van der Waals surface area contributed by atoms with Crippen LogP contribution in [-0.4, -0.2) is 47.4 Å². The molecule has 0 fully saturated rings. The van der Waals surface area contributed by atoms with Gasteiger partial charge in [-0.25, -0.2) is 0 Å². The Kier molecular flexibility index (Phi) is 68.4. The molecule has 0 spiro atoms. The first-order valence-electron chi connectivity index (χ1n) is 36.6. The van der Waals surface area contributed by atoms with Crippen LogP contribution in [0.4, 0.5) is 0 Å². The minimum absolute atomic E-state index is 0.0165. The molecular formula is C74H143NO5. The number of carbonyl (C=O) groups excluding carboxylic acids is 2. The van der Waals surface area contributed by atoms with E-state index in [9.17, 15) is 19.8 Å². The highest BCUT2D eigenvalue weighted by Gasteiger charge is 2.18. The van der Waals surface area contributed by atoms with E-state index < -0.39 is 12.1 Å². The van der Waals surface area contributed by atoms with Crippen LogP contribution in [0.15, 0.2) is 24.3 Å². The maximum atomic E-state index is 12.5. The summed E-state index contributed by atoms with van der Waals surface area (Å²) in [6.07, 6.45) is 88.3. The number of hydrogen-bond donors (Lipinski definition) is 3. The Bertz CT molecular complexity index is 1250. The maximum absolute atomic E-state index is 12.5. The fourth-order valence-corrected chi connectivity index (χ4v) is 11.6. The number of ether oxygens (including phenoxy) is 1. The van der Waals surface area contributed by atoms with Crippen LogP contribution in [0.2, 0.25) is 0 Å². The number of allylic oxidation sites excluding steroid dienone is 3. The van der Waals surface area contributed by atoms with Gasteiger partial charge >= 0.3 is 5.97 Å². The van der Waals surface area contributed by atoms with Gasteiger partial charge in [0.1, 0.15) is 0 Å². The first-order valence-corrected chi connectivity index (χ1v) is 36.6. The zero-order valence-electron chi connectivity index (χ0n) is 54.3. The van der Waals surface area contributed by atoms with Crippen molar-refractivity contribution in [1.29, 1.82) is 0 Å². The Hall–Kier alpha value is -1.66. The first-order chi connectivity index (χ1) is 39.5. The molecule has 0 aromatic carbocycles. The Balaban J connectivity index is 3.42. The van der Waals surface area contributed by atoms with E-state index in [1.54, 1.807) is 6.08 Å². The molecule has 80 heavy (non-hydrogen) atoms. The van der Waals surface area contributed by atoms with Crippen molar-refractivity contribution in [1.82, 2.24) is 5.32 Å². The van der Waals surface area contributed by atoms with Crippen LogP contribution in [0.5, 0.6) is 0 Å². The summed E-state index contributed by atoms with van der Waals surface area (Å²) in [5.41, 5.74) is 0. The van der Waals surface area contributed by atoms with Crippen LogP contribution in [0.1, 0.15) is 412 Å².